The van der Waals surface area contributed by atoms with Crippen LogP contribution in [0.1, 0.15) is 58.2 Å². The smallest absolute Gasteiger partial charge is 0.137 e. The molecule has 5 rings (SSSR count). The fourth-order valence-electron chi connectivity index (χ4n) is 6.32. The highest BCUT2D eigenvalue weighted by Gasteiger charge is 2.61. The average Bonchev–Trinajstić information content (AvgIpc) is 2.22. The largest absolute Gasteiger partial charge is 0.225 e. The van der Waals surface area contributed by atoms with E-state index in [1.807, 2.05) is 6.07 Å². The van der Waals surface area contributed by atoms with Crippen molar-refractivity contribution in [2.75, 3.05) is 0 Å². The van der Waals surface area contributed by atoms with Gasteiger partial charge in [-0.05, 0) is 87.1 Å². The number of rotatable bonds is 1. The minimum atomic E-state index is 0.217. The number of nitrogens with zero attached hydrogens (tertiary/aromatic N) is 2. The summed E-state index contributed by atoms with van der Waals surface area (Å²) in [4.78, 5) is 9.52. The van der Waals surface area contributed by atoms with E-state index in [4.69, 9.17) is 9.97 Å². The van der Waals surface area contributed by atoms with E-state index in [-0.39, 0.29) is 5.41 Å². The van der Waals surface area contributed by atoms with Crippen molar-refractivity contribution < 1.29 is 0 Å². The van der Waals surface area contributed by atoms with E-state index in [9.17, 15) is 0 Å². The standard InChI is InChI=1S/C16H20Br2N2/c1-14-4-10-5-15(2,7-14)9-16(6-10,8-14)13-19-11(17)3-12(18)20-13/h3,10H,4-9H2,1-2H3. The molecule has 4 fully saturated rings. The number of hydrogen-bond acceptors (Lipinski definition) is 2. The maximum absolute atomic E-state index is 4.76. The summed E-state index contributed by atoms with van der Waals surface area (Å²) in [5.74, 6) is 1.95. The van der Waals surface area contributed by atoms with Crippen LogP contribution < -0.4 is 0 Å². The van der Waals surface area contributed by atoms with Crippen molar-refractivity contribution in [1.82, 2.24) is 9.97 Å². The Bertz CT molecular complexity index is 548. The zero-order valence-corrected chi connectivity index (χ0v) is 15.2. The average molecular weight is 400 g/mol. The Morgan fingerprint density at radius 2 is 1.50 bits per heavy atom. The number of halogens is 2. The zero-order chi connectivity index (χ0) is 14.2. The first-order chi connectivity index (χ1) is 9.30. The highest BCUT2D eigenvalue weighted by Crippen LogP contribution is 2.69. The Morgan fingerprint density at radius 3 is 2.00 bits per heavy atom. The van der Waals surface area contributed by atoms with E-state index in [1.165, 1.54) is 38.5 Å². The number of hydrogen-bond donors (Lipinski definition) is 0. The predicted octanol–water partition coefficient (Wildman–Crippen LogP) is 5.25. The third kappa shape index (κ3) is 2.01. The Kier molecular flexibility index (Phi) is 2.78. The van der Waals surface area contributed by atoms with Gasteiger partial charge in [0.15, 0.2) is 0 Å². The van der Waals surface area contributed by atoms with Crippen LogP contribution in [0.25, 0.3) is 0 Å². The van der Waals surface area contributed by atoms with Gasteiger partial charge in [-0.1, -0.05) is 13.8 Å². The molecule has 0 spiro atoms. The zero-order valence-electron chi connectivity index (χ0n) is 12.0. The van der Waals surface area contributed by atoms with Crippen LogP contribution in [0.2, 0.25) is 0 Å². The fraction of sp³-hybridized carbons (Fsp3) is 0.750. The Morgan fingerprint density at radius 1 is 0.950 bits per heavy atom. The van der Waals surface area contributed by atoms with Gasteiger partial charge in [-0.3, -0.25) is 0 Å². The molecule has 2 atom stereocenters. The molecule has 4 bridgehead atoms. The van der Waals surface area contributed by atoms with Crippen LogP contribution in [-0.2, 0) is 5.41 Å². The van der Waals surface area contributed by atoms with E-state index in [0.29, 0.717) is 10.8 Å². The molecule has 4 heteroatoms. The second-order valence-electron chi connectivity index (χ2n) is 8.25. The van der Waals surface area contributed by atoms with Gasteiger partial charge in [0.05, 0.1) is 0 Å². The van der Waals surface area contributed by atoms with Crippen LogP contribution in [0.5, 0.6) is 0 Å². The second-order valence-corrected chi connectivity index (χ2v) is 9.87. The minimum absolute atomic E-state index is 0.217. The van der Waals surface area contributed by atoms with Crippen molar-refractivity contribution >= 4 is 31.9 Å². The van der Waals surface area contributed by atoms with Gasteiger partial charge in [0.25, 0.3) is 0 Å². The molecule has 0 saturated heterocycles. The summed E-state index contributed by atoms with van der Waals surface area (Å²) < 4.78 is 1.81. The molecule has 4 aliphatic rings. The van der Waals surface area contributed by atoms with Crippen LogP contribution in [-0.4, -0.2) is 9.97 Å². The Balaban J connectivity index is 1.84. The summed E-state index contributed by atoms with van der Waals surface area (Å²) in [7, 11) is 0. The van der Waals surface area contributed by atoms with Crippen molar-refractivity contribution in [1.29, 1.82) is 0 Å². The van der Waals surface area contributed by atoms with Gasteiger partial charge in [-0.25, -0.2) is 9.97 Å². The van der Waals surface area contributed by atoms with E-state index in [2.05, 4.69) is 45.7 Å². The lowest BCUT2D eigenvalue weighted by Gasteiger charge is -2.64. The third-order valence-corrected chi connectivity index (χ3v) is 6.58. The molecule has 0 aliphatic heterocycles. The van der Waals surface area contributed by atoms with Crippen molar-refractivity contribution in [3.63, 3.8) is 0 Å². The Labute approximate surface area is 137 Å². The first-order valence-electron chi connectivity index (χ1n) is 7.51. The van der Waals surface area contributed by atoms with E-state index in [0.717, 1.165) is 20.9 Å². The first-order valence-corrected chi connectivity index (χ1v) is 9.09. The lowest BCUT2D eigenvalue weighted by Crippen LogP contribution is -2.57. The summed E-state index contributed by atoms with van der Waals surface area (Å²) in [6.07, 6.45) is 8.07. The predicted molar refractivity (Wildman–Crippen MR) is 86.5 cm³/mol. The molecule has 0 radical (unpaired) electrons. The van der Waals surface area contributed by atoms with Gasteiger partial charge >= 0.3 is 0 Å². The highest BCUT2D eigenvalue weighted by atomic mass is 79.9. The Hall–Kier alpha value is 0.0400. The monoisotopic (exact) mass is 398 g/mol. The van der Waals surface area contributed by atoms with Gasteiger partial charge in [0.2, 0.25) is 0 Å². The van der Waals surface area contributed by atoms with Crippen molar-refractivity contribution in [3.05, 3.63) is 21.1 Å². The molecule has 108 valence electrons. The van der Waals surface area contributed by atoms with Crippen LogP contribution in [0.15, 0.2) is 15.3 Å². The first kappa shape index (κ1) is 13.7. The summed E-state index contributed by atoms with van der Waals surface area (Å²) in [6.45, 7) is 5.00. The summed E-state index contributed by atoms with van der Waals surface area (Å²) in [5.41, 5.74) is 1.23. The van der Waals surface area contributed by atoms with E-state index in [1.54, 1.807) is 0 Å². The summed E-state index contributed by atoms with van der Waals surface area (Å²) in [6, 6.07) is 1.94. The quantitative estimate of drug-likeness (QED) is 0.602. The fourth-order valence-corrected chi connectivity index (χ4v) is 7.40. The van der Waals surface area contributed by atoms with Gasteiger partial charge in [-0.2, -0.15) is 0 Å². The molecule has 1 aromatic rings. The molecule has 4 saturated carbocycles. The van der Waals surface area contributed by atoms with Crippen molar-refractivity contribution in [3.8, 4) is 0 Å². The molecule has 0 aromatic carbocycles. The SMILES string of the molecule is CC12CC3CC(C)(C1)CC(c1nc(Br)cc(Br)n1)(C3)C2. The van der Waals surface area contributed by atoms with Crippen LogP contribution >= 0.6 is 31.9 Å². The van der Waals surface area contributed by atoms with Crippen LogP contribution in [0.4, 0.5) is 0 Å². The topological polar surface area (TPSA) is 25.8 Å². The molecule has 0 N–H and O–H groups in total. The van der Waals surface area contributed by atoms with Gasteiger partial charge in [-0.15, -0.1) is 0 Å². The highest BCUT2D eigenvalue weighted by molar-refractivity contribution is 9.11. The maximum Gasteiger partial charge on any atom is 0.137 e. The lowest BCUT2D eigenvalue weighted by atomic mass is 9.40. The third-order valence-electron chi connectivity index (χ3n) is 5.76. The molecule has 4 aliphatic carbocycles. The molecule has 2 unspecified atom stereocenters. The molecule has 1 aromatic heterocycles. The maximum atomic E-state index is 4.76. The molecule has 2 nitrogen and oxygen atoms in total. The van der Waals surface area contributed by atoms with Crippen molar-refractivity contribution in [2.24, 2.45) is 16.7 Å². The van der Waals surface area contributed by atoms with E-state index < -0.39 is 0 Å². The van der Waals surface area contributed by atoms with Gasteiger partial charge in [0, 0.05) is 11.5 Å². The van der Waals surface area contributed by atoms with Crippen LogP contribution in [0.3, 0.4) is 0 Å². The van der Waals surface area contributed by atoms with Crippen molar-refractivity contribution in [2.45, 2.75) is 57.8 Å². The lowest BCUT2D eigenvalue weighted by molar-refractivity contribution is -0.112. The van der Waals surface area contributed by atoms with Crippen LogP contribution in [0, 0.1) is 16.7 Å². The molecular weight excluding hydrogens is 380 g/mol. The molecule has 0 amide bonds. The summed E-state index contributed by atoms with van der Waals surface area (Å²) in [5, 5.41) is 0. The molecule has 20 heavy (non-hydrogen) atoms. The van der Waals surface area contributed by atoms with Gasteiger partial charge < -0.3 is 0 Å². The normalized spacial score (nSPS) is 45.9. The van der Waals surface area contributed by atoms with E-state index >= 15 is 0 Å². The summed E-state index contributed by atoms with van der Waals surface area (Å²) >= 11 is 7.08. The second kappa shape index (κ2) is 4.07. The number of aromatic nitrogens is 2. The van der Waals surface area contributed by atoms with Gasteiger partial charge in [0.1, 0.15) is 15.0 Å². The molecular formula is C16H20Br2N2. The molecule has 1 heterocycles. The minimum Gasteiger partial charge on any atom is -0.225 e.